The summed E-state index contributed by atoms with van der Waals surface area (Å²) >= 11 is 0. The highest BCUT2D eigenvalue weighted by Gasteiger charge is 2.25. The summed E-state index contributed by atoms with van der Waals surface area (Å²) in [7, 11) is -4.28. The van der Waals surface area contributed by atoms with Crippen LogP contribution in [0.25, 0.3) is 0 Å². The lowest BCUT2D eigenvalue weighted by Gasteiger charge is -2.20. The fourth-order valence-corrected chi connectivity index (χ4v) is 6.99. The van der Waals surface area contributed by atoms with E-state index in [1.807, 2.05) is 0 Å². The summed E-state index contributed by atoms with van der Waals surface area (Å²) in [4.78, 5) is 22.5. The van der Waals surface area contributed by atoms with Crippen LogP contribution in [0.3, 0.4) is 0 Å². The van der Waals surface area contributed by atoms with Crippen molar-refractivity contribution in [3.8, 4) is 0 Å². The van der Waals surface area contributed by atoms with Crippen LogP contribution in [0, 0.1) is 0 Å². The molecule has 0 aliphatic heterocycles. The maximum Gasteiger partial charge on any atom is 0.472 e. The minimum atomic E-state index is -4.28. The molecule has 2 unspecified atom stereocenters. The van der Waals surface area contributed by atoms with Crippen LogP contribution >= 0.6 is 7.82 Å². The molecule has 0 spiro atoms. The highest BCUT2D eigenvalue weighted by atomic mass is 31.2. The van der Waals surface area contributed by atoms with Gasteiger partial charge in [0, 0.05) is 19.6 Å². The molecule has 0 fully saturated rings. The number of hydrogen-bond acceptors (Lipinski definition) is 7. The summed E-state index contributed by atoms with van der Waals surface area (Å²) in [5.41, 5.74) is 5.37. The molecule has 0 heterocycles. The standard InChI is InChI=1S/C46H86NO7P/c1-3-5-7-9-11-13-15-17-19-21-22-23-25-27-29-31-33-35-37-39-46(48)54-45(44-53-55(49,50)52-42-40-47)43-51-41-38-36-34-32-30-28-26-24-20-18-16-14-12-10-8-6-4-2/h5,7,11,13,17,19,22-23,45H,3-4,6,8-10,12,14-16,18,20-21,24-44,47H2,1-2H3,(H,49,50)/b7-5-,13-11-,19-17-,23-22-. The van der Waals surface area contributed by atoms with E-state index in [1.54, 1.807) is 0 Å². The predicted molar refractivity (Wildman–Crippen MR) is 233 cm³/mol. The molecule has 2 atom stereocenters. The van der Waals surface area contributed by atoms with Crippen LogP contribution in [0.15, 0.2) is 48.6 Å². The summed E-state index contributed by atoms with van der Waals surface area (Å²) in [5.74, 6) is -0.343. The van der Waals surface area contributed by atoms with Gasteiger partial charge in [-0.2, -0.15) is 0 Å². The highest BCUT2D eigenvalue weighted by Crippen LogP contribution is 2.43. The van der Waals surface area contributed by atoms with Gasteiger partial charge in [0.15, 0.2) is 0 Å². The van der Waals surface area contributed by atoms with E-state index in [9.17, 15) is 14.3 Å². The maximum absolute atomic E-state index is 12.6. The predicted octanol–water partition coefficient (Wildman–Crippen LogP) is 13.6. The van der Waals surface area contributed by atoms with Crippen molar-refractivity contribution in [2.24, 2.45) is 5.73 Å². The summed E-state index contributed by atoms with van der Waals surface area (Å²) in [6.45, 7) is 4.81. The van der Waals surface area contributed by atoms with Gasteiger partial charge in [-0.25, -0.2) is 4.57 Å². The number of hydrogen-bond donors (Lipinski definition) is 2. The van der Waals surface area contributed by atoms with Crippen LogP contribution in [0.2, 0.25) is 0 Å². The highest BCUT2D eigenvalue weighted by molar-refractivity contribution is 7.47. The van der Waals surface area contributed by atoms with Crippen LogP contribution in [-0.2, 0) is 27.9 Å². The summed E-state index contributed by atoms with van der Waals surface area (Å²) < 4.78 is 33.5. The van der Waals surface area contributed by atoms with Crippen LogP contribution in [0.4, 0.5) is 0 Å². The Kier molecular flexibility index (Phi) is 42.4. The van der Waals surface area contributed by atoms with Gasteiger partial charge in [0.2, 0.25) is 0 Å². The number of unbranched alkanes of at least 4 members (excludes halogenated alkanes) is 22. The second-order valence-corrected chi connectivity index (χ2v) is 16.3. The molecular formula is C46H86NO7P. The number of rotatable bonds is 43. The van der Waals surface area contributed by atoms with Gasteiger partial charge in [-0.15, -0.1) is 0 Å². The molecule has 0 aromatic rings. The number of carbonyl (C=O) groups excluding carboxylic acids is 1. The van der Waals surface area contributed by atoms with Gasteiger partial charge in [-0.1, -0.05) is 191 Å². The van der Waals surface area contributed by atoms with E-state index in [0.29, 0.717) is 13.0 Å². The van der Waals surface area contributed by atoms with E-state index in [1.165, 1.54) is 109 Å². The lowest BCUT2D eigenvalue weighted by atomic mass is 10.0. The van der Waals surface area contributed by atoms with E-state index >= 15 is 0 Å². The normalized spacial score (nSPS) is 13.9. The molecule has 0 aromatic carbocycles. The van der Waals surface area contributed by atoms with Crippen LogP contribution in [0.5, 0.6) is 0 Å². The van der Waals surface area contributed by atoms with E-state index in [-0.39, 0.29) is 32.3 Å². The first kappa shape index (κ1) is 53.5. The lowest BCUT2D eigenvalue weighted by molar-refractivity contribution is -0.154. The Labute approximate surface area is 339 Å². The minimum absolute atomic E-state index is 0.0973. The van der Waals surface area contributed by atoms with Crippen molar-refractivity contribution in [1.29, 1.82) is 0 Å². The molecule has 9 heteroatoms. The molecule has 0 aliphatic rings. The molecule has 55 heavy (non-hydrogen) atoms. The van der Waals surface area contributed by atoms with Crippen LogP contribution in [-0.4, -0.2) is 49.9 Å². The third kappa shape index (κ3) is 43.4. The zero-order valence-electron chi connectivity index (χ0n) is 35.7. The third-order valence-corrected chi connectivity index (χ3v) is 10.5. The first-order valence-corrected chi connectivity index (χ1v) is 24.1. The smallest absolute Gasteiger partial charge is 0.457 e. The Morgan fingerprint density at radius 2 is 1.02 bits per heavy atom. The molecule has 0 saturated heterocycles. The molecule has 3 N–H and O–H groups in total. The van der Waals surface area contributed by atoms with Crippen molar-refractivity contribution in [3.05, 3.63) is 48.6 Å². The average molecular weight is 796 g/mol. The molecule has 8 nitrogen and oxygen atoms in total. The van der Waals surface area contributed by atoms with Crippen molar-refractivity contribution < 1.29 is 32.8 Å². The first-order valence-electron chi connectivity index (χ1n) is 22.6. The first-order chi connectivity index (χ1) is 26.9. The number of carbonyl (C=O) groups is 1. The number of ether oxygens (including phenoxy) is 2. The van der Waals surface area contributed by atoms with E-state index < -0.39 is 13.9 Å². The van der Waals surface area contributed by atoms with Gasteiger partial charge < -0.3 is 20.1 Å². The Bertz CT molecular complexity index is 983. The molecule has 0 bridgehead atoms. The topological polar surface area (TPSA) is 117 Å². The Morgan fingerprint density at radius 1 is 0.564 bits per heavy atom. The van der Waals surface area contributed by atoms with Gasteiger partial charge in [-0.05, 0) is 51.4 Å². The van der Waals surface area contributed by atoms with Gasteiger partial charge >= 0.3 is 13.8 Å². The summed E-state index contributed by atoms with van der Waals surface area (Å²) in [5, 5.41) is 0. The van der Waals surface area contributed by atoms with Crippen LogP contribution in [0.1, 0.15) is 200 Å². The lowest BCUT2D eigenvalue weighted by Crippen LogP contribution is -2.28. The minimum Gasteiger partial charge on any atom is -0.457 e. The fourth-order valence-electron chi connectivity index (χ4n) is 6.22. The van der Waals surface area contributed by atoms with Crippen molar-refractivity contribution in [2.45, 2.75) is 206 Å². The SMILES string of the molecule is CC/C=C\C/C=C\C/C=C\C/C=C\CCCCCCCCC(=O)OC(COCCCCCCCCCCCCCCCCCCC)COP(=O)(O)OCCN. The molecule has 322 valence electrons. The Hall–Kier alpha value is -1.54. The van der Waals surface area contributed by atoms with Gasteiger partial charge in [-0.3, -0.25) is 13.8 Å². The molecule has 0 rings (SSSR count). The molecular weight excluding hydrogens is 709 g/mol. The summed E-state index contributed by atoms with van der Waals surface area (Å²) in [6, 6.07) is 0. The molecule has 0 aromatic heterocycles. The van der Waals surface area contributed by atoms with E-state index in [0.717, 1.165) is 70.6 Å². The van der Waals surface area contributed by atoms with Gasteiger partial charge in [0.05, 0.1) is 19.8 Å². The Balaban J connectivity index is 4.03. The number of phosphoric acid groups is 1. The molecule has 0 saturated carbocycles. The quantitative estimate of drug-likeness (QED) is 0.0271. The average Bonchev–Trinajstić information content (AvgIpc) is 3.17. The third-order valence-electron chi connectivity index (χ3n) is 9.51. The van der Waals surface area contributed by atoms with Gasteiger partial charge in [0.25, 0.3) is 0 Å². The number of phosphoric ester groups is 1. The second kappa shape index (κ2) is 43.6. The fraction of sp³-hybridized carbons (Fsp3) is 0.804. The number of allylic oxidation sites excluding steroid dienone is 8. The maximum atomic E-state index is 12.6. The van der Waals surface area contributed by atoms with Gasteiger partial charge in [0.1, 0.15) is 6.10 Å². The van der Waals surface area contributed by atoms with Crippen molar-refractivity contribution in [1.82, 2.24) is 0 Å². The molecule has 0 amide bonds. The number of nitrogens with two attached hydrogens (primary N) is 1. The zero-order valence-corrected chi connectivity index (χ0v) is 36.6. The summed E-state index contributed by atoms with van der Waals surface area (Å²) in [6.07, 6.45) is 51.3. The number of esters is 1. The van der Waals surface area contributed by atoms with Crippen molar-refractivity contribution in [3.63, 3.8) is 0 Å². The zero-order chi connectivity index (χ0) is 40.2. The molecule has 0 aliphatic carbocycles. The Morgan fingerprint density at radius 3 is 1.53 bits per heavy atom. The van der Waals surface area contributed by atoms with Crippen LogP contribution < -0.4 is 5.73 Å². The van der Waals surface area contributed by atoms with Crippen molar-refractivity contribution >= 4 is 13.8 Å². The van der Waals surface area contributed by atoms with Crippen molar-refractivity contribution in [2.75, 3.05) is 33.0 Å². The largest absolute Gasteiger partial charge is 0.472 e. The van der Waals surface area contributed by atoms with E-state index in [2.05, 4.69) is 62.5 Å². The molecule has 0 radical (unpaired) electrons. The van der Waals surface area contributed by atoms with E-state index in [4.69, 9.17) is 24.3 Å². The monoisotopic (exact) mass is 796 g/mol. The second-order valence-electron chi connectivity index (χ2n) is 14.9.